The van der Waals surface area contributed by atoms with Gasteiger partial charge in [0.1, 0.15) is 11.9 Å². The highest BCUT2D eigenvalue weighted by Gasteiger charge is 2.44. The number of ether oxygens (including phenoxy) is 1. The number of piperidine rings is 3. The Labute approximate surface area is 278 Å². The van der Waals surface area contributed by atoms with Crippen LogP contribution in [-0.4, -0.2) is 48.4 Å². The molecule has 5 atom stereocenters. The van der Waals surface area contributed by atoms with Crippen LogP contribution in [0.15, 0.2) is 43.1 Å². The third-order valence-corrected chi connectivity index (χ3v) is 12.7. The fourth-order valence-electron chi connectivity index (χ4n) is 7.77. The second-order valence-electron chi connectivity index (χ2n) is 13.9. The second kappa shape index (κ2) is 20.7. The Morgan fingerprint density at radius 3 is 2.07 bits per heavy atom. The molecule has 0 amide bonds. The Balaban J connectivity index is 1.49. The monoisotopic (exact) mass is 636 g/mol. The summed E-state index contributed by atoms with van der Waals surface area (Å²) in [6.45, 7) is 11.1. The standard InChI is InChI=1S/C40H65N2O2P/c1-5-8-10-12-14-16-18-20-28-45(29-21-19-17-15-13-11-9-6-2)44-40(39-30-34-25-27-42(39)32-33(34)7-3)36-24-26-41-38-23-22-35(43-4)31-37(36)38/h7,22-24,26,31,33-34,39-40H,3,5-6,8-21,25,27-30,32H2,1-2,4H3/t33?,34-,39?,40?/m1/s1. The highest BCUT2D eigenvalue weighted by atomic mass is 31.1. The molecule has 0 aliphatic carbocycles. The van der Waals surface area contributed by atoms with Gasteiger partial charge in [-0.05, 0) is 86.2 Å². The molecule has 4 nitrogen and oxygen atoms in total. The number of hydrogen-bond donors (Lipinski definition) is 0. The molecular formula is C40H65N2O2P. The minimum Gasteiger partial charge on any atom is -0.497 e. The van der Waals surface area contributed by atoms with Gasteiger partial charge in [-0.25, -0.2) is 0 Å². The number of nitrogens with zero attached hydrogens (tertiary/aromatic N) is 2. The van der Waals surface area contributed by atoms with E-state index in [4.69, 9.17) is 14.2 Å². The van der Waals surface area contributed by atoms with Crippen molar-refractivity contribution in [1.29, 1.82) is 0 Å². The maximum Gasteiger partial charge on any atom is 0.119 e. The van der Waals surface area contributed by atoms with E-state index in [0.717, 1.165) is 23.7 Å². The summed E-state index contributed by atoms with van der Waals surface area (Å²) in [7, 11) is 1.27. The summed E-state index contributed by atoms with van der Waals surface area (Å²) in [4.78, 5) is 7.50. The molecule has 0 N–H and O–H groups in total. The summed E-state index contributed by atoms with van der Waals surface area (Å²) < 4.78 is 13.2. The first kappa shape index (κ1) is 36.4. The molecular weight excluding hydrogens is 571 g/mol. The van der Waals surface area contributed by atoms with Gasteiger partial charge < -0.3 is 9.26 Å². The molecule has 0 saturated carbocycles. The van der Waals surface area contributed by atoms with Crippen LogP contribution in [0.1, 0.15) is 141 Å². The van der Waals surface area contributed by atoms with Crippen molar-refractivity contribution in [1.82, 2.24) is 9.88 Å². The Morgan fingerprint density at radius 2 is 1.51 bits per heavy atom. The summed E-state index contributed by atoms with van der Waals surface area (Å²) in [6.07, 6.45) is 31.2. The van der Waals surface area contributed by atoms with Crippen molar-refractivity contribution in [3.8, 4) is 5.75 Å². The number of hydrogen-bond acceptors (Lipinski definition) is 4. The van der Waals surface area contributed by atoms with Crippen LogP contribution in [0.2, 0.25) is 0 Å². The third kappa shape index (κ3) is 11.3. The van der Waals surface area contributed by atoms with E-state index in [9.17, 15) is 0 Å². The lowest BCUT2D eigenvalue weighted by molar-refractivity contribution is -0.0328. The molecule has 4 unspecified atom stereocenters. The quantitative estimate of drug-likeness (QED) is 0.0652. The topological polar surface area (TPSA) is 34.6 Å². The molecule has 3 aliphatic rings. The molecule has 2 aromatic rings. The lowest BCUT2D eigenvalue weighted by Gasteiger charge is -2.51. The number of benzene rings is 1. The van der Waals surface area contributed by atoms with Crippen LogP contribution in [0, 0.1) is 11.8 Å². The van der Waals surface area contributed by atoms with Crippen LogP contribution in [-0.2, 0) is 4.52 Å². The van der Waals surface area contributed by atoms with E-state index in [1.165, 1.54) is 145 Å². The molecule has 2 bridgehead atoms. The molecule has 3 aliphatic heterocycles. The number of fused-ring (bicyclic) bond motifs is 4. The number of unbranched alkanes of at least 4 members (excludes halogenated alkanes) is 14. The fraction of sp³-hybridized carbons (Fsp3) is 0.725. The van der Waals surface area contributed by atoms with Gasteiger partial charge in [-0.2, -0.15) is 0 Å². The van der Waals surface area contributed by atoms with Crippen LogP contribution in [0.5, 0.6) is 5.75 Å². The molecule has 45 heavy (non-hydrogen) atoms. The van der Waals surface area contributed by atoms with Gasteiger partial charge in [-0.3, -0.25) is 9.88 Å². The minimum atomic E-state index is -0.498. The molecule has 1 aromatic heterocycles. The summed E-state index contributed by atoms with van der Waals surface area (Å²) in [5.41, 5.74) is 2.35. The molecule has 1 aromatic carbocycles. The van der Waals surface area contributed by atoms with Crippen molar-refractivity contribution < 1.29 is 9.26 Å². The van der Waals surface area contributed by atoms with Crippen LogP contribution in [0.25, 0.3) is 10.9 Å². The Bertz CT molecular complexity index is 1090. The highest BCUT2D eigenvalue weighted by molar-refractivity contribution is 7.52. The lowest BCUT2D eigenvalue weighted by Crippen LogP contribution is -2.55. The Morgan fingerprint density at radius 1 is 0.889 bits per heavy atom. The van der Waals surface area contributed by atoms with Crippen LogP contribution in [0.3, 0.4) is 0 Å². The molecule has 0 spiro atoms. The smallest absolute Gasteiger partial charge is 0.119 e. The van der Waals surface area contributed by atoms with Crippen molar-refractivity contribution >= 4 is 19.1 Å². The van der Waals surface area contributed by atoms with E-state index in [1.807, 2.05) is 12.3 Å². The number of pyridine rings is 1. The predicted molar refractivity (Wildman–Crippen MR) is 196 cm³/mol. The van der Waals surface area contributed by atoms with Crippen LogP contribution >= 0.6 is 8.15 Å². The molecule has 3 saturated heterocycles. The fourth-order valence-corrected chi connectivity index (χ4v) is 9.93. The first-order valence-corrected chi connectivity index (χ1v) is 20.5. The van der Waals surface area contributed by atoms with Gasteiger partial charge >= 0.3 is 0 Å². The third-order valence-electron chi connectivity index (χ3n) is 10.6. The van der Waals surface area contributed by atoms with Crippen molar-refractivity contribution in [3.05, 3.63) is 48.7 Å². The van der Waals surface area contributed by atoms with Crippen LogP contribution in [0.4, 0.5) is 0 Å². The summed E-state index contributed by atoms with van der Waals surface area (Å²) in [5.74, 6) is 2.23. The van der Waals surface area contributed by atoms with Gasteiger partial charge in [0, 0.05) is 32.3 Å². The largest absolute Gasteiger partial charge is 0.497 e. The summed E-state index contributed by atoms with van der Waals surface area (Å²) >= 11 is 0. The molecule has 0 radical (unpaired) electrons. The summed E-state index contributed by atoms with van der Waals surface area (Å²) in [6, 6.07) is 9.00. The average molecular weight is 637 g/mol. The first-order valence-electron chi connectivity index (χ1n) is 18.9. The number of rotatable bonds is 24. The molecule has 5 heteroatoms. The van der Waals surface area contributed by atoms with Gasteiger partial charge in [-0.1, -0.05) is 110 Å². The van der Waals surface area contributed by atoms with Gasteiger partial charge in [0.2, 0.25) is 0 Å². The zero-order valence-electron chi connectivity index (χ0n) is 29.2. The van der Waals surface area contributed by atoms with E-state index in [1.54, 1.807) is 7.11 Å². The van der Waals surface area contributed by atoms with Gasteiger partial charge in [0.25, 0.3) is 0 Å². The average Bonchev–Trinajstić information content (AvgIpc) is 3.08. The normalized spacial score (nSPS) is 21.9. The molecule has 5 rings (SSSR count). The number of aromatic nitrogens is 1. The maximum absolute atomic E-state index is 7.53. The molecule has 4 heterocycles. The maximum atomic E-state index is 7.53. The van der Waals surface area contributed by atoms with E-state index < -0.39 is 8.15 Å². The summed E-state index contributed by atoms with van der Waals surface area (Å²) in [5, 5.41) is 1.19. The van der Waals surface area contributed by atoms with Crippen molar-refractivity contribution in [2.75, 3.05) is 32.5 Å². The highest BCUT2D eigenvalue weighted by Crippen LogP contribution is 2.51. The van der Waals surface area contributed by atoms with Gasteiger partial charge in [0.15, 0.2) is 0 Å². The van der Waals surface area contributed by atoms with E-state index in [-0.39, 0.29) is 6.10 Å². The molecule has 252 valence electrons. The van der Waals surface area contributed by atoms with Crippen LogP contribution < -0.4 is 4.74 Å². The number of methoxy groups -OCH3 is 1. The molecule has 3 fully saturated rings. The van der Waals surface area contributed by atoms with Crippen molar-refractivity contribution in [2.24, 2.45) is 11.8 Å². The van der Waals surface area contributed by atoms with E-state index in [0.29, 0.717) is 12.0 Å². The zero-order chi connectivity index (χ0) is 31.7. The Hall–Kier alpha value is -1.48. The Kier molecular flexibility index (Phi) is 16.7. The predicted octanol–water partition coefficient (Wildman–Crippen LogP) is 11.9. The first-order chi connectivity index (χ1) is 22.2. The van der Waals surface area contributed by atoms with Crippen molar-refractivity contribution in [3.63, 3.8) is 0 Å². The SMILES string of the molecule is C=CC1CN2CC[C@@H]1CC2C(OP(CCCCCCCCCC)CCCCCCCCCC)c1ccnc2ccc(OC)cc12. The zero-order valence-corrected chi connectivity index (χ0v) is 30.1. The lowest BCUT2D eigenvalue weighted by atomic mass is 9.73. The van der Waals surface area contributed by atoms with Crippen molar-refractivity contribution in [2.45, 2.75) is 142 Å². The van der Waals surface area contributed by atoms with E-state index in [2.05, 4.69) is 49.6 Å². The minimum absolute atomic E-state index is 0.0744. The van der Waals surface area contributed by atoms with Gasteiger partial charge in [-0.15, -0.1) is 6.58 Å². The van der Waals surface area contributed by atoms with Gasteiger partial charge in [0.05, 0.1) is 12.6 Å². The second-order valence-corrected chi connectivity index (χ2v) is 16.0. The van der Waals surface area contributed by atoms with E-state index >= 15 is 0 Å².